The van der Waals surface area contributed by atoms with Gasteiger partial charge in [0.2, 0.25) is 5.91 Å². The van der Waals surface area contributed by atoms with E-state index in [0.717, 1.165) is 0 Å². The summed E-state index contributed by atoms with van der Waals surface area (Å²) in [7, 11) is 0. The van der Waals surface area contributed by atoms with Crippen LogP contribution >= 0.6 is 0 Å². The van der Waals surface area contributed by atoms with Crippen molar-refractivity contribution in [2.45, 2.75) is 46.6 Å². The van der Waals surface area contributed by atoms with Crippen molar-refractivity contribution in [2.75, 3.05) is 13.1 Å². The summed E-state index contributed by atoms with van der Waals surface area (Å²) in [6.07, 6.45) is 0.638. The maximum atomic E-state index is 11.8. The van der Waals surface area contributed by atoms with Crippen molar-refractivity contribution in [1.82, 2.24) is 4.90 Å². The number of nitrogens with two attached hydrogens (primary N) is 1. The molecule has 0 bridgehead atoms. The summed E-state index contributed by atoms with van der Waals surface area (Å²) in [6.45, 7) is 12.1. The molecule has 1 atom stereocenters. The molecule has 1 heterocycles. The van der Waals surface area contributed by atoms with Crippen LogP contribution in [-0.2, 0) is 4.79 Å². The van der Waals surface area contributed by atoms with E-state index in [4.69, 9.17) is 5.73 Å². The Morgan fingerprint density at radius 1 is 1.47 bits per heavy atom. The number of carbonyl (C=O) groups excluding carboxylic acids is 1. The lowest BCUT2D eigenvalue weighted by molar-refractivity contribution is -0.139. The van der Waals surface area contributed by atoms with Crippen LogP contribution in [0.15, 0.2) is 0 Å². The van der Waals surface area contributed by atoms with E-state index in [0.29, 0.717) is 25.4 Å². The molecule has 1 fully saturated rings. The van der Waals surface area contributed by atoms with E-state index in [2.05, 4.69) is 27.7 Å². The van der Waals surface area contributed by atoms with Gasteiger partial charge in [-0.2, -0.15) is 0 Å². The van der Waals surface area contributed by atoms with Gasteiger partial charge in [0.15, 0.2) is 0 Å². The van der Waals surface area contributed by atoms with E-state index in [1.807, 2.05) is 11.8 Å². The van der Waals surface area contributed by atoms with Gasteiger partial charge >= 0.3 is 0 Å². The summed E-state index contributed by atoms with van der Waals surface area (Å²) >= 11 is 0. The van der Waals surface area contributed by atoms with Crippen molar-refractivity contribution in [3.63, 3.8) is 0 Å². The Labute approximate surface area is 93.0 Å². The summed E-state index contributed by atoms with van der Waals surface area (Å²) < 4.78 is 0. The molecule has 2 N–H and O–H groups in total. The van der Waals surface area contributed by atoms with Crippen LogP contribution in [0.5, 0.6) is 0 Å². The SMILES string of the molecule is CC(CC(=O)N1CC(C)(N)C1)C(C)(C)C. The molecule has 0 saturated carbocycles. The molecular formula is C12H24N2O. The van der Waals surface area contributed by atoms with Crippen LogP contribution in [0.3, 0.4) is 0 Å². The van der Waals surface area contributed by atoms with Crippen LogP contribution in [0.4, 0.5) is 0 Å². The van der Waals surface area contributed by atoms with Gasteiger partial charge in [-0.05, 0) is 18.3 Å². The number of carbonyl (C=O) groups is 1. The van der Waals surface area contributed by atoms with Crippen LogP contribution in [0.1, 0.15) is 41.0 Å². The highest BCUT2D eigenvalue weighted by molar-refractivity contribution is 5.77. The predicted octanol–water partition coefficient (Wildman–Crippen LogP) is 1.62. The molecule has 1 rings (SSSR count). The maximum absolute atomic E-state index is 11.8. The fourth-order valence-electron chi connectivity index (χ4n) is 1.70. The van der Waals surface area contributed by atoms with E-state index in [9.17, 15) is 4.79 Å². The number of amides is 1. The zero-order valence-corrected chi connectivity index (χ0v) is 10.6. The van der Waals surface area contributed by atoms with E-state index in [-0.39, 0.29) is 16.9 Å². The highest BCUT2D eigenvalue weighted by Gasteiger charge is 2.38. The predicted molar refractivity (Wildman–Crippen MR) is 62.4 cm³/mol. The number of hydrogen-bond acceptors (Lipinski definition) is 2. The Morgan fingerprint density at radius 2 is 1.93 bits per heavy atom. The molecular weight excluding hydrogens is 188 g/mol. The van der Waals surface area contributed by atoms with E-state index in [1.54, 1.807) is 0 Å². The van der Waals surface area contributed by atoms with Crippen LogP contribution in [0.2, 0.25) is 0 Å². The van der Waals surface area contributed by atoms with Crippen molar-refractivity contribution >= 4 is 5.91 Å². The lowest BCUT2D eigenvalue weighted by Gasteiger charge is -2.46. The third-order valence-corrected chi connectivity index (χ3v) is 3.42. The summed E-state index contributed by atoms with van der Waals surface area (Å²) in [5.41, 5.74) is 5.92. The third-order valence-electron chi connectivity index (χ3n) is 3.42. The van der Waals surface area contributed by atoms with Crippen molar-refractivity contribution in [3.05, 3.63) is 0 Å². The van der Waals surface area contributed by atoms with Crippen LogP contribution < -0.4 is 5.73 Å². The van der Waals surface area contributed by atoms with Gasteiger partial charge in [-0.25, -0.2) is 0 Å². The number of hydrogen-bond donors (Lipinski definition) is 1. The van der Waals surface area contributed by atoms with Crippen LogP contribution in [0, 0.1) is 11.3 Å². The molecule has 15 heavy (non-hydrogen) atoms. The summed E-state index contributed by atoms with van der Waals surface area (Å²) in [4.78, 5) is 13.7. The third kappa shape index (κ3) is 3.20. The fraction of sp³-hybridized carbons (Fsp3) is 0.917. The topological polar surface area (TPSA) is 46.3 Å². The molecule has 1 aliphatic heterocycles. The molecule has 3 nitrogen and oxygen atoms in total. The molecule has 88 valence electrons. The number of nitrogens with zero attached hydrogens (tertiary/aromatic N) is 1. The van der Waals surface area contributed by atoms with Crippen LogP contribution in [-0.4, -0.2) is 29.4 Å². The first-order valence-electron chi connectivity index (χ1n) is 5.68. The molecule has 0 aliphatic carbocycles. The first-order valence-corrected chi connectivity index (χ1v) is 5.68. The Kier molecular flexibility index (Phi) is 3.15. The minimum absolute atomic E-state index is 0.152. The second-order valence-electron chi connectivity index (χ2n) is 6.38. The van der Waals surface area contributed by atoms with Gasteiger partial charge in [0.25, 0.3) is 0 Å². The first-order chi connectivity index (χ1) is 6.62. The molecule has 1 amide bonds. The first kappa shape index (κ1) is 12.5. The second-order valence-corrected chi connectivity index (χ2v) is 6.38. The Hall–Kier alpha value is -0.570. The lowest BCUT2D eigenvalue weighted by Crippen LogP contribution is -2.66. The fourth-order valence-corrected chi connectivity index (χ4v) is 1.70. The Balaban J connectivity index is 2.38. The highest BCUT2D eigenvalue weighted by atomic mass is 16.2. The van der Waals surface area contributed by atoms with E-state index >= 15 is 0 Å². The van der Waals surface area contributed by atoms with Crippen molar-refractivity contribution in [1.29, 1.82) is 0 Å². The van der Waals surface area contributed by atoms with Gasteiger partial charge in [-0.3, -0.25) is 4.79 Å². The Morgan fingerprint density at radius 3 is 2.27 bits per heavy atom. The normalized spacial score (nSPS) is 22.1. The van der Waals surface area contributed by atoms with Gasteiger partial charge in [-0.15, -0.1) is 0 Å². The molecule has 1 aliphatic rings. The summed E-state index contributed by atoms with van der Waals surface area (Å²) in [6, 6.07) is 0. The minimum Gasteiger partial charge on any atom is -0.339 e. The molecule has 0 spiro atoms. The Bertz CT molecular complexity index is 245. The minimum atomic E-state index is -0.152. The molecule has 0 aromatic carbocycles. The van der Waals surface area contributed by atoms with Gasteiger partial charge in [-0.1, -0.05) is 27.7 Å². The maximum Gasteiger partial charge on any atom is 0.222 e. The summed E-state index contributed by atoms with van der Waals surface area (Å²) in [5.74, 6) is 0.662. The van der Waals surface area contributed by atoms with E-state index in [1.165, 1.54) is 0 Å². The molecule has 1 unspecified atom stereocenters. The van der Waals surface area contributed by atoms with Gasteiger partial charge < -0.3 is 10.6 Å². The average Bonchev–Trinajstić information content (AvgIpc) is 1.97. The van der Waals surface area contributed by atoms with Gasteiger partial charge in [0, 0.05) is 25.0 Å². The molecule has 3 heteroatoms. The largest absolute Gasteiger partial charge is 0.339 e. The number of likely N-dealkylation sites (tertiary alicyclic amines) is 1. The van der Waals surface area contributed by atoms with Crippen LogP contribution in [0.25, 0.3) is 0 Å². The standard InChI is InChI=1S/C12H24N2O/c1-9(11(2,3)4)6-10(15)14-7-12(5,13)8-14/h9H,6-8,13H2,1-5H3. The smallest absolute Gasteiger partial charge is 0.222 e. The second kappa shape index (κ2) is 3.78. The summed E-state index contributed by atoms with van der Waals surface area (Å²) in [5, 5.41) is 0. The zero-order chi connectivity index (χ0) is 11.9. The molecule has 0 radical (unpaired) electrons. The molecule has 0 aromatic heterocycles. The monoisotopic (exact) mass is 212 g/mol. The zero-order valence-electron chi connectivity index (χ0n) is 10.6. The van der Waals surface area contributed by atoms with Gasteiger partial charge in [0.1, 0.15) is 0 Å². The lowest BCUT2D eigenvalue weighted by atomic mass is 9.79. The van der Waals surface area contributed by atoms with Gasteiger partial charge in [0.05, 0.1) is 0 Å². The van der Waals surface area contributed by atoms with Crippen molar-refractivity contribution < 1.29 is 4.79 Å². The van der Waals surface area contributed by atoms with E-state index < -0.39 is 0 Å². The average molecular weight is 212 g/mol. The van der Waals surface area contributed by atoms with Crippen molar-refractivity contribution in [3.8, 4) is 0 Å². The van der Waals surface area contributed by atoms with Crippen molar-refractivity contribution in [2.24, 2.45) is 17.1 Å². The number of rotatable bonds is 2. The molecule has 1 saturated heterocycles. The quantitative estimate of drug-likeness (QED) is 0.756. The highest BCUT2D eigenvalue weighted by Crippen LogP contribution is 2.29. The molecule has 0 aromatic rings.